The van der Waals surface area contributed by atoms with Crippen LogP contribution in [0.25, 0.3) is 0 Å². The van der Waals surface area contributed by atoms with E-state index in [-0.39, 0.29) is 11.9 Å². The second kappa shape index (κ2) is 6.62. The van der Waals surface area contributed by atoms with Crippen LogP contribution < -0.4 is 0 Å². The maximum Gasteiger partial charge on any atom is 0.213 e. The highest BCUT2D eigenvalue weighted by Crippen LogP contribution is 2.26. The number of nitrogens with zero attached hydrogens (tertiary/aromatic N) is 3. The van der Waals surface area contributed by atoms with Crippen molar-refractivity contribution >= 4 is 10.0 Å². The van der Waals surface area contributed by atoms with Gasteiger partial charge in [0.1, 0.15) is 0 Å². The predicted molar refractivity (Wildman–Crippen MR) is 83.8 cm³/mol. The van der Waals surface area contributed by atoms with E-state index < -0.39 is 10.0 Å². The Morgan fingerprint density at radius 2 is 2.09 bits per heavy atom. The fraction of sp³-hybridized carbons (Fsp3) is 0.667. The third-order valence-electron chi connectivity index (χ3n) is 4.56. The lowest BCUT2D eigenvalue weighted by Crippen LogP contribution is -2.59. The molecule has 1 aromatic heterocycles. The van der Waals surface area contributed by atoms with Crippen molar-refractivity contribution in [2.75, 3.05) is 32.0 Å². The molecule has 0 bridgehead atoms. The molecule has 2 aliphatic rings. The first kappa shape index (κ1) is 15.9. The smallest absolute Gasteiger partial charge is 0.213 e. The molecule has 0 spiro atoms. The highest BCUT2D eigenvalue weighted by Gasteiger charge is 2.39. The molecular formula is C15H23N3O3S. The van der Waals surface area contributed by atoms with Gasteiger partial charge in [0.15, 0.2) is 0 Å². The summed E-state index contributed by atoms with van der Waals surface area (Å²) in [5, 5.41) is 0. The molecule has 1 aromatic rings. The van der Waals surface area contributed by atoms with Crippen LogP contribution in [0.3, 0.4) is 0 Å². The monoisotopic (exact) mass is 325 g/mol. The Labute approximate surface area is 132 Å². The number of piperidine rings is 1. The molecular weight excluding hydrogens is 302 g/mol. The molecule has 7 heteroatoms. The largest absolute Gasteiger partial charge is 0.374 e. The van der Waals surface area contributed by atoms with E-state index in [9.17, 15) is 8.42 Å². The highest BCUT2D eigenvalue weighted by molar-refractivity contribution is 7.89. The van der Waals surface area contributed by atoms with Crippen LogP contribution in [0.5, 0.6) is 0 Å². The van der Waals surface area contributed by atoms with Crippen molar-refractivity contribution in [1.29, 1.82) is 0 Å². The second-order valence-electron chi connectivity index (χ2n) is 5.85. The van der Waals surface area contributed by atoms with Crippen LogP contribution in [0.15, 0.2) is 24.5 Å². The summed E-state index contributed by atoms with van der Waals surface area (Å²) in [5.41, 5.74) is 1.24. The molecule has 3 rings (SSSR count). The van der Waals surface area contributed by atoms with Gasteiger partial charge in [-0.15, -0.1) is 0 Å². The summed E-state index contributed by atoms with van der Waals surface area (Å²) >= 11 is 0. The predicted octanol–water partition coefficient (Wildman–Crippen LogP) is 0.706. The minimum atomic E-state index is -3.12. The third kappa shape index (κ3) is 3.32. The van der Waals surface area contributed by atoms with Crippen LogP contribution in [0.2, 0.25) is 0 Å². The molecule has 2 saturated heterocycles. The van der Waals surface area contributed by atoms with E-state index in [2.05, 4.69) is 9.88 Å². The van der Waals surface area contributed by atoms with Crippen LogP contribution in [0.1, 0.15) is 18.9 Å². The summed E-state index contributed by atoms with van der Waals surface area (Å²) in [4.78, 5) is 6.47. The molecule has 0 amide bonds. The first-order chi connectivity index (χ1) is 10.6. The van der Waals surface area contributed by atoms with Crippen molar-refractivity contribution in [2.24, 2.45) is 0 Å². The third-order valence-corrected chi connectivity index (χ3v) is 6.41. The number of ether oxygens (including phenoxy) is 1. The van der Waals surface area contributed by atoms with Crippen LogP contribution in [0.4, 0.5) is 0 Å². The molecule has 0 N–H and O–H groups in total. The van der Waals surface area contributed by atoms with Gasteiger partial charge < -0.3 is 4.74 Å². The maximum atomic E-state index is 12.1. The maximum absolute atomic E-state index is 12.1. The molecule has 2 fully saturated rings. The topological polar surface area (TPSA) is 62.7 Å². The Bertz CT molecular complexity index is 593. The van der Waals surface area contributed by atoms with Crippen LogP contribution >= 0.6 is 0 Å². The number of fused-ring (bicyclic) bond motifs is 1. The van der Waals surface area contributed by atoms with E-state index >= 15 is 0 Å². The van der Waals surface area contributed by atoms with Crippen LogP contribution in [-0.2, 0) is 21.3 Å². The molecule has 3 heterocycles. The van der Waals surface area contributed by atoms with Crippen molar-refractivity contribution in [3.63, 3.8) is 0 Å². The molecule has 0 radical (unpaired) electrons. The molecule has 122 valence electrons. The standard InChI is InChI=1S/C15H23N3O3S/c1-2-22(19,20)18-8-5-14-15(12-18)21-10-9-17(14)11-13-3-6-16-7-4-13/h3-4,6-7,14-15H,2,5,8-12H2,1H3/t14-,15-/m0/s1. The molecule has 0 saturated carbocycles. The SMILES string of the molecule is CCS(=O)(=O)N1CC[C@H]2[C@H](C1)OCCN2Cc1ccncc1. The quantitative estimate of drug-likeness (QED) is 0.816. The Morgan fingerprint density at radius 3 is 2.82 bits per heavy atom. The van der Waals surface area contributed by atoms with Gasteiger partial charge in [-0.2, -0.15) is 4.31 Å². The summed E-state index contributed by atoms with van der Waals surface area (Å²) in [6.45, 7) is 5.18. The lowest BCUT2D eigenvalue weighted by molar-refractivity contribution is -0.0961. The fourth-order valence-electron chi connectivity index (χ4n) is 3.30. The van der Waals surface area contributed by atoms with Gasteiger partial charge in [-0.3, -0.25) is 9.88 Å². The van der Waals surface area contributed by atoms with Crippen molar-refractivity contribution in [3.05, 3.63) is 30.1 Å². The van der Waals surface area contributed by atoms with E-state index in [1.54, 1.807) is 11.2 Å². The number of pyridine rings is 1. The molecule has 0 aliphatic carbocycles. The average molecular weight is 325 g/mol. The summed E-state index contributed by atoms with van der Waals surface area (Å²) in [6.07, 6.45) is 4.42. The number of sulfonamides is 1. The van der Waals surface area contributed by atoms with Gasteiger partial charge in [0.25, 0.3) is 0 Å². The average Bonchev–Trinajstić information content (AvgIpc) is 2.55. The number of rotatable bonds is 4. The zero-order valence-corrected chi connectivity index (χ0v) is 13.7. The van der Waals surface area contributed by atoms with Crippen LogP contribution in [-0.4, -0.2) is 66.7 Å². The Balaban J connectivity index is 1.68. The zero-order valence-electron chi connectivity index (χ0n) is 12.9. The van der Waals surface area contributed by atoms with E-state index in [4.69, 9.17) is 4.74 Å². The van der Waals surface area contributed by atoms with E-state index in [1.807, 2.05) is 24.5 Å². The van der Waals surface area contributed by atoms with Gasteiger partial charge in [0, 0.05) is 44.6 Å². The highest BCUT2D eigenvalue weighted by atomic mass is 32.2. The number of morpholine rings is 1. The Kier molecular flexibility index (Phi) is 4.77. The van der Waals surface area contributed by atoms with Gasteiger partial charge in [-0.05, 0) is 31.0 Å². The van der Waals surface area contributed by atoms with E-state index in [0.717, 1.165) is 19.5 Å². The fourth-order valence-corrected chi connectivity index (χ4v) is 4.42. The normalized spacial score (nSPS) is 27.5. The molecule has 22 heavy (non-hydrogen) atoms. The molecule has 0 aromatic carbocycles. The van der Waals surface area contributed by atoms with Crippen molar-refractivity contribution in [2.45, 2.75) is 32.0 Å². The van der Waals surface area contributed by atoms with E-state index in [0.29, 0.717) is 25.7 Å². The Hall–Kier alpha value is -1.02. The second-order valence-corrected chi connectivity index (χ2v) is 8.11. The zero-order chi connectivity index (χ0) is 15.6. The summed E-state index contributed by atoms with van der Waals surface area (Å²) in [5.74, 6) is 0.158. The first-order valence-corrected chi connectivity index (χ1v) is 9.43. The molecule has 6 nitrogen and oxygen atoms in total. The van der Waals surface area contributed by atoms with E-state index in [1.165, 1.54) is 5.56 Å². The van der Waals surface area contributed by atoms with Crippen molar-refractivity contribution in [3.8, 4) is 0 Å². The van der Waals surface area contributed by atoms with Gasteiger partial charge in [-0.25, -0.2) is 8.42 Å². The molecule has 2 atom stereocenters. The Morgan fingerprint density at radius 1 is 1.32 bits per heavy atom. The van der Waals surface area contributed by atoms with Gasteiger partial charge in [0.05, 0.1) is 18.5 Å². The molecule has 2 aliphatic heterocycles. The lowest BCUT2D eigenvalue weighted by atomic mass is 9.99. The number of hydrogen-bond acceptors (Lipinski definition) is 5. The number of aromatic nitrogens is 1. The van der Waals surface area contributed by atoms with Crippen LogP contribution in [0, 0.1) is 0 Å². The summed E-state index contributed by atoms with van der Waals surface area (Å²) in [7, 11) is -3.12. The van der Waals surface area contributed by atoms with Gasteiger partial charge in [0.2, 0.25) is 10.0 Å². The van der Waals surface area contributed by atoms with Crippen molar-refractivity contribution < 1.29 is 13.2 Å². The van der Waals surface area contributed by atoms with Gasteiger partial charge in [-0.1, -0.05) is 0 Å². The minimum Gasteiger partial charge on any atom is -0.374 e. The molecule has 0 unspecified atom stereocenters. The first-order valence-electron chi connectivity index (χ1n) is 7.82. The lowest BCUT2D eigenvalue weighted by Gasteiger charge is -2.46. The summed E-state index contributed by atoms with van der Waals surface area (Å²) < 4.78 is 31.5. The van der Waals surface area contributed by atoms with Crippen molar-refractivity contribution in [1.82, 2.24) is 14.2 Å². The minimum absolute atomic E-state index is 0.0225. The summed E-state index contributed by atoms with van der Waals surface area (Å²) in [6, 6.07) is 4.35. The number of hydrogen-bond donors (Lipinski definition) is 0. The van der Waals surface area contributed by atoms with Gasteiger partial charge >= 0.3 is 0 Å².